The third kappa shape index (κ3) is 2.99. The molecule has 0 saturated heterocycles. The highest BCUT2D eigenvalue weighted by Crippen LogP contribution is 2.19. The van der Waals surface area contributed by atoms with Crippen molar-refractivity contribution < 1.29 is 9.18 Å². The van der Waals surface area contributed by atoms with Crippen LogP contribution in [0, 0.1) is 5.82 Å². The van der Waals surface area contributed by atoms with Crippen LogP contribution in [0.2, 0.25) is 5.02 Å². The lowest BCUT2D eigenvalue weighted by molar-refractivity contribution is 0.102. The second-order valence-corrected chi connectivity index (χ2v) is 5.00. The summed E-state index contributed by atoms with van der Waals surface area (Å²) in [5, 5.41) is 2.80. The van der Waals surface area contributed by atoms with E-state index in [1.165, 1.54) is 12.1 Å². The number of halogens is 2. The van der Waals surface area contributed by atoms with Gasteiger partial charge < -0.3 is 9.88 Å². The minimum atomic E-state index is -0.480. The molecule has 0 spiro atoms. The summed E-state index contributed by atoms with van der Waals surface area (Å²) in [5.74, 6) is -0.869. The molecule has 6 heteroatoms. The van der Waals surface area contributed by atoms with Crippen molar-refractivity contribution in [3.05, 3.63) is 77.6 Å². The van der Waals surface area contributed by atoms with Crippen LogP contribution < -0.4 is 5.32 Å². The Hall–Kier alpha value is -2.66. The number of carbonyl (C=O) groups excluding carboxylic acids is 1. The molecule has 4 nitrogen and oxygen atoms in total. The number of imidazole rings is 1. The lowest BCUT2D eigenvalue weighted by Gasteiger charge is -2.08. The number of hydrogen-bond acceptors (Lipinski definition) is 2. The monoisotopic (exact) mass is 315 g/mol. The third-order valence-electron chi connectivity index (χ3n) is 3.10. The molecule has 0 saturated carbocycles. The van der Waals surface area contributed by atoms with Crippen LogP contribution in [0.25, 0.3) is 5.69 Å². The molecule has 0 aliphatic carbocycles. The summed E-state index contributed by atoms with van der Waals surface area (Å²) in [4.78, 5) is 16.1. The Balaban J connectivity index is 1.77. The maximum atomic E-state index is 13.0. The first-order valence-electron chi connectivity index (χ1n) is 6.48. The third-order valence-corrected chi connectivity index (χ3v) is 3.42. The van der Waals surface area contributed by atoms with Gasteiger partial charge >= 0.3 is 0 Å². The molecule has 1 aromatic heterocycles. The molecule has 1 N–H and O–H groups in total. The number of anilines is 1. The molecule has 0 aliphatic rings. The van der Waals surface area contributed by atoms with Crippen molar-refractivity contribution in [2.75, 3.05) is 5.32 Å². The Morgan fingerprint density at radius 1 is 1.18 bits per heavy atom. The van der Waals surface area contributed by atoms with Crippen LogP contribution in [0.15, 0.2) is 61.2 Å². The Kier molecular flexibility index (Phi) is 3.89. The smallest absolute Gasteiger partial charge is 0.257 e. The standard InChI is InChI=1S/C16H11ClFN3O/c17-15-9-11(18)1-6-14(15)16(22)20-12-2-4-13(5-3-12)21-8-7-19-10-21/h1-10H,(H,20,22). The summed E-state index contributed by atoms with van der Waals surface area (Å²) < 4.78 is 14.8. The molecule has 22 heavy (non-hydrogen) atoms. The van der Waals surface area contributed by atoms with Crippen molar-refractivity contribution in [2.24, 2.45) is 0 Å². The number of hydrogen-bond donors (Lipinski definition) is 1. The molecule has 0 bridgehead atoms. The lowest BCUT2D eigenvalue weighted by atomic mass is 10.2. The van der Waals surface area contributed by atoms with Crippen LogP contribution in [0.4, 0.5) is 10.1 Å². The minimum Gasteiger partial charge on any atom is -0.322 e. The highest BCUT2D eigenvalue weighted by molar-refractivity contribution is 6.34. The van der Waals surface area contributed by atoms with E-state index in [1.54, 1.807) is 24.7 Å². The van der Waals surface area contributed by atoms with Crippen molar-refractivity contribution in [3.63, 3.8) is 0 Å². The van der Waals surface area contributed by atoms with Gasteiger partial charge in [0.25, 0.3) is 5.91 Å². The van der Waals surface area contributed by atoms with Gasteiger partial charge in [0.2, 0.25) is 0 Å². The Morgan fingerprint density at radius 3 is 2.59 bits per heavy atom. The molecular formula is C16H11ClFN3O. The quantitative estimate of drug-likeness (QED) is 0.796. The number of rotatable bonds is 3. The molecule has 2 aromatic carbocycles. The van der Waals surface area contributed by atoms with Crippen LogP contribution in [-0.2, 0) is 0 Å². The van der Waals surface area contributed by atoms with Crippen LogP contribution in [-0.4, -0.2) is 15.5 Å². The predicted octanol–water partition coefficient (Wildman–Crippen LogP) is 3.92. The maximum absolute atomic E-state index is 13.0. The second kappa shape index (κ2) is 5.99. The molecule has 0 atom stereocenters. The van der Waals surface area contributed by atoms with Crippen LogP contribution >= 0.6 is 11.6 Å². The topological polar surface area (TPSA) is 46.9 Å². The summed E-state index contributed by atoms with van der Waals surface area (Å²) >= 11 is 5.87. The zero-order valence-corrected chi connectivity index (χ0v) is 12.1. The number of amides is 1. The molecule has 0 unspecified atom stereocenters. The fourth-order valence-corrected chi connectivity index (χ4v) is 2.25. The predicted molar refractivity (Wildman–Crippen MR) is 82.9 cm³/mol. The van der Waals surface area contributed by atoms with E-state index >= 15 is 0 Å². The van der Waals surface area contributed by atoms with Gasteiger partial charge in [-0.3, -0.25) is 4.79 Å². The van der Waals surface area contributed by atoms with E-state index in [0.29, 0.717) is 5.69 Å². The van der Waals surface area contributed by atoms with E-state index < -0.39 is 5.82 Å². The van der Waals surface area contributed by atoms with Gasteiger partial charge in [0.05, 0.1) is 16.9 Å². The lowest BCUT2D eigenvalue weighted by Crippen LogP contribution is -2.12. The van der Waals surface area contributed by atoms with Crippen molar-refractivity contribution in [1.29, 1.82) is 0 Å². The van der Waals surface area contributed by atoms with Crippen molar-refractivity contribution in [3.8, 4) is 5.69 Å². The van der Waals surface area contributed by atoms with Gasteiger partial charge in [-0.15, -0.1) is 0 Å². The fraction of sp³-hybridized carbons (Fsp3) is 0. The fourth-order valence-electron chi connectivity index (χ4n) is 2.00. The average Bonchev–Trinajstić information content (AvgIpc) is 3.02. The van der Waals surface area contributed by atoms with Gasteiger partial charge in [0.1, 0.15) is 5.82 Å². The summed E-state index contributed by atoms with van der Waals surface area (Å²) in [7, 11) is 0. The second-order valence-electron chi connectivity index (χ2n) is 4.60. The SMILES string of the molecule is O=C(Nc1ccc(-n2ccnc2)cc1)c1ccc(F)cc1Cl. The molecule has 1 heterocycles. The molecule has 0 aliphatic heterocycles. The zero-order valence-electron chi connectivity index (χ0n) is 11.3. The van der Waals surface area contributed by atoms with Crippen molar-refractivity contribution >= 4 is 23.2 Å². The minimum absolute atomic E-state index is 0.0764. The van der Waals surface area contributed by atoms with Gasteiger partial charge in [-0.2, -0.15) is 0 Å². The van der Waals surface area contributed by atoms with Crippen LogP contribution in [0.5, 0.6) is 0 Å². The molecule has 1 amide bonds. The zero-order chi connectivity index (χ0) is 15.5. The molecule has 0 fully saturated rings. The molecule has 0 radical (unpaired) electrons. The normalized spacial score (nSPS) is 10.5. The van der Waals surface area contributed by atoms with Gasteiger partial charge in [-0.05, 0) is 42.5 Å². The number of aromatic nitrogens is 2. The van der Waals surface area contributed by atoms with E-state index in [4.69, 9.17) is 11.6 Å². The van der Waals surface area contributed by atoms with E-state index in [2.05, 4.69) is 10.3 Å². The first-order valence-corrected chi connectivity index (χ1v) is 6.86. The maximum Gasteiger partial charge on any atom is 0.257 e. The highest BCUT2D eigenvalue weighted by Gasteiger charge is 2.11. The number of nitrogens with zero attached hydrogens (tertiary/aromatic N) is 2. The van der Waals surface area contributed by atoms with Crippen LogP contribution in [0.3, 0.4) is 0 Å². The Labute approximate surface area is 131 Å². The molecule has 3 rings (SSSR count). The van der Waals surface area contributed by atoms with Gasteiger partial charge in [-0.25, -0.2) is 9.37 Å². The van der Waals surface area contributed by atoms with Crippen molar-refractivity contribution in [1.82, 2.24) is 9.55 Å². The van der Waals surface area contributed by atoms with E-state index in [1.807, 2.05) is 22.9 Å². The number of nitrogens with one attached hydrogen (secondary N) is 1. The average molecular weight is 316 g/mol. The summed E-state index contributed by atoms with van der Waals surface area (Å²) in [6.45, 7) is 0. The first kappa shape index (κ1) is 14.3. The van der Waals surface area contributed by atoms with E-state index in [9.17, 15) is 9.18 Å². The summed E-state index contributed by atoms with van der Waals surface area (Å²) in [6.07, 6.45) is 5.20. The van der Waals surface area contributed by atoms with Crippen LogP contribution in [0.1, 0.15) is 10.4 Å². The number of benzene rings is 2. The highest BCUT2D eigenvalue weighted by atomic mass is 35.5. The Morgan fingerprint density at radius 2 is 1.95 bits per heavy atom. The van der Waals surface area contributed by atoms with Crippen molar-refractivity contribution in [2.45, 2.75) is 0 Å². The summed E-state index contributed by atoms with van der Waals surface area (Å²) in [5.41, 5.74) is 1.77. The summed E-state index contributed by atoms with van der Waals surface area (Å²) in [6, 6.07) is 10.9. The van der Waals surface area contributed by atoms with Gasteiger partial charge in [0, 0.05) is 23.8 Å². The van der Waals surface area contributed by atoms with Gasteiger partial charge in [0.15, 0.2) is 0 Å². The molecule has 110 valence electrons. The van der Waals surface area contributed by atoms with E-state index in [-0.39, 0.29) is 16.5 Å². The number of carbonyl (C=O) groups is 1. The van der Waals surface area contributed by atoms with Gasteiger partial charge in [-0.1, -0.05) is 11.6 Å². The molecular weight excluding hydrogens is 305 g/mol. The van der Waals surface area contributed by atoms with E-state index in [0.717, 1.165) is 11.8 Å². The Bertz CT molecular complexity index is 801. The first-order chi connectivity index (χ1) is 10.6. The molecule has 3 aromatic rings. The largest absolute Gasteiger partial charge is 0.322 e.